The van der Waals surface area contributed by atoms with Gasteiger partial charge in [0.15, 0.2) is 5.84 Å². The molecule has 0 saturated carbocycles. The van der Waals surface area contributed by atoms with E-state index in [0.29, 0.717) is 21.4 Å². The number of carbonyl (C=O) groups is 1. The van der Waals surface area contributed by atoms with Crippen molar-refractivity contribution < 1.29 is 10.0 Å². The number of amides is 1. The molecule has 8 heteroatoms. The Balaban J connectivity index is 2.20. The minimum atomic E-state index is -0.286. The van der Waals surface area contributed by atoms with Crippen LogP contribution in [0.3, 0.4) is 0 Å². The average molecular weight is 355 g/mol. The molecule has 0 radical (unpaired) electrons. The molecule has 1 heterocycles. The highest BCUT2D eigenvalue weighted by atomic mass is 79.9. The van der Waals surface area contributed by atoms with Crippen LogP contribution in [-0.2, 0) is 0 Å². The molecule has 1 aromatic carbocycles. The predicted molar refractivity (Wildman–Crippen MR) is 81.5 cm³/mol. The lowest BCUT2D eigenvalue weighted by atomic mass is 10.2. The molecule has 0 bridgehead atoms. The van der Waals surface area contributed by atoms with Crippen LogP contribution < -0.4 is 11.1 Å². The summed E-state index contributed by atoms with van der Waals surface area (Å²) in [5.74, 6) is -0.287. The summed E-state index contributed by atoms with van der Waals surface area (Å²) in [4.78, 5) is 16.1. The van der Waals surface area contributed by atoms with E-state index in [1.165, 1.54) is 11.3 Å². The first kappa shape index (κ1) is 14.5. The number of oxime groups is 1. The van der Waals surface area contributed by atoms with E-state index in [2.05, 4.69) is 31.4 Å². The second-order valence-electron chi connectivity index (χ2n) is 3.89. The number of nitrogens with one attached hydrogen (secondary N) is 1. The Morgan fingerprint density at radius 2 is 2.30 bits per heavy atom. The van der Waals surface area contributed by atoms with E-state index < -0.39 is 0 Å². The SMILES string of the molecule is Cc1nc(C(=O)Nc2ccc(/C(N)=N/O)cc2Br)cs1. The molecule has 0 spiro atoms. The van der Waals surface area contributed by atoms with Crippen LogP contribution >= 0.6 is 27.3 Å². The number of amidine groups is 1. The third-order valence-electron chi connectivity index (χ3n) is 2.47. The highest BCUT2D eigenvalue weighted by Crippen LogP contribution is 2.24. The van der Waals surface area contributed by atoms with E-state index in [4.69, 9.17) is 10.9 Å². The van der Waals surface area contributed by atoms with Crippen LogP contribution in [0.1, 0.15) is 21.1 Å². The number of benzene rings is 1. The van der Waals surface area contributed by atoms with Gasteiger partial charge in [-0.2, -0.15) is 0 Å². The highest BCUT2D eigenvalue weighted by molar-refractivity contribution is 9.10. The van der Waals surface area contributed by atoms with Crippen molar-refractivity contribution in [2.45, 2.75) is 6.92 Å². The van der Waals surface area contributed by atoms with Crippen molar-refractivity contribution in [2.75, 3.05) is 5.32 Å². The molecule has 0 unspecified atom stereocenters. The summed E-state index contributed by atoms with van der Waals surface area (Å²) in [7, 11) is 0. The molecule has 20 heavy (non-hydrogen) atoms. The number of rotatable bonds is 3. The Hall–Kier alpha value is -1.93. The van der Waals surface area contributed by atoms with E-state index in [0.717, 1.165) is 5.01 Å². The Morgan fingerprint density at radius 1 is 1.55 bits per heavy atom. The first-order chi connectivity index (χ1) is 9.51. The van der Waals surface area contributed by atoms with Gasteiger partial charge in [0.05, 0.1) is 10.7 Å². The van der Waals surface area contributed by atoms with E-state index in [-0.39, 0.29) is 11.7 Å². The maximum atomic E-state index is 12.0. The molecule has 104 valence electrons. The van der Waals surface area contributed by atoms with E-state index in [9.17, 15) is 4.79 Å². The molecule has 0 aliphatic heterocycles. The van der Waals surface area contributed by atoms with Crippen molar-refractivity contribution in [1.82, 2.24) is 4.98 Å². The lowest BCUT2D eigenvalue weighted by molar-refractivity contribution is 0.102. The predicted octanol–water partition coefficient (Wildman–Crippen LogP) is 2.56. The summed E-state index contributed by atoms with van der Waals surface area (Å²) in [6, 6.07) is 4.95. The molecule has 0 saturated heterocycles. The summed E-state index contributed by atoms with van der Waals surface area (Å²) in [6.07, 6.45) is 0. The van der Waals surface area contributed by atoms with Crippen LogP contribution in [0.5, 0.6) is 0 Å². The zero-order valence-electron chi connectivity index (χ0n) is 10.4. The van der Waals surface area contributed by atoms with Gasteiger partial charge in [0.1, 0.15) is 5.69 Å². The number of nitrogens with zero attached hydrogens (tertiary/aromatic N) is 2. The zero-order chi connectivity index (χ0) is 14.7. The number of thiazole rings is 1. The third-order valence-corrected chi connectivity index (χ3v) is 3.90. The van der Waals surface area contributed by atoms with E-state index in [1.54, 1.807) is 23.6 Å². The number of aromatic nitrogens is 1. The molecule has 0 aliphatic carbocycles. The van der Waals surface area contributed by atoms with Crippen LogP contribution in [-0.4, -0.2) is 21.9 Å². The van der Waals surface area contributed by atoms with Gasteiger partial charge in [-0.05, 0) is 41.1 Å². The standard InChI is InChI=1S/C12H11BrN4O2S/c1-6-15-10(5-20-6)12(18)16-9-3-2-7(4-8(9)13)11(14)17-19/h2-5,19H,1H3,(H2,14,17)(H,16,18). The molecule has 2 aromatic rings. The van der Waals surface area contributed by atoms with Crippen LogP contribution in [0.2, 0.25) is 0 Å². The summed E-state index contributed by atoms with van der Waals surface area (Å²) >= 11 is 4.74. The molecule has 1 aromatic heterocycles. The van der Waals surface area contributed by atoms with Gasteiger partial charge in [0.2, 0.25) is 0 Å². The van der Waals surface area contributed by atoms with Crippen molar-refractivity contribution in [3.05, 3.63) is 44.3 Å². The number of anilines is 1. The Labute approximate surface area is 127 Å². The average Bonchev–Trinajstić information content (AvgIpc) is 2.86. The maximum absolute atomic E-state index is 12.0. The summed E-state index contributed by atoms with van der Waals surface area (Å²) in [6.45, 7) is 1.84. The number of hydrogen-bond acceptors (Lipinski definition) is 5. The zero-order valence-corrected chi connectivity index (χ0v) is 12.8. The van der Waals surface area contributed by atoms with Gasteiger partial charge >= 0.3 is 0 Å². The molecule has 0 aliphatic rings. The second-order valence-corrected chi connectivity index (χ2v) is 5.80. The molecule has 0 atom stereocenters. The maximum Gasteiger partial charge on any atom is 0.275 e. The number of nitrogens with two attached hydrogens (primary N) is 1. The fraction of sp³-hybridized carbons (Fsp3) is 0.0833. The Morgan fingerprint density at radius 3 is 2.85 bits per heavy atom. The normalized spacial score (nSPS) is 11.4. The number of hydrogen-bond donors (Lipinski definition) is 3. The van der Waals surface area contributed by atoms with E-state index in [1.807, 2.05) is 6.92 Å². The van der Waals surface area contributed by atoms with Crippen LogP contribution in [0, 0.1) is 6.92 Å². The van der Waals surface area contributed by atoms with Gasteiger partial charge < -0.3 is 16.3 Å². The fourth-order valence-electron chi connectivity index (χ4n) is 1.49. The monoisotopic (exact) mass is 354 g/mol. The molecule has 0 fully saturated rings. The molecular formula is C12H11BrN4O2S. The van der Waals surface area contributed by atoms with Gasteiger partial charge in [-0.15, -0.1) is 11.3 Å². The highest BCUT2D eigenvalue weighted by Gasteiger charge is 2.12. The van der Waals surface area contributed by atoms with Gasteiger partial charge in [0.25, 0.3) is 5.91 Å². The van der Waals surface area contributed by atoms with Crippen molar-refractivity contribution in [2.24, 2.45) is 10.9 Å². The lowest BCUT2D eigenvalue weighted by Crippen LogP contribution is -2.15. The van der Waals surface area contributed by atoms with Crippen molar-refractivity contribution >= 4 is 44.7 Å². The van der Waals surface area contributed by atoms with Gasteiger partial charge in [0, 0.05) is 15.4 Å². The van der Waals surface area contributed by atoms with Crippen molar-refractivity contribution in [3.8, 4) is 0 Å². The summed E-state index contributed by atoms with van der Waals surface area (Å²) in [5, 5.41) is 16.8. The van der Waals surface area contributed by atoms with Gasteiger partial charge in [-0.1, -0.05) is 5.16 Å². The molecular weight excluding hydrogens is 344 g/mol. The molecule has 6 nitrogen and oxygen atoms in total. The smallest absolute Gasteiger partial charge is 0.275 e. The quantitative estimate of drug-likeness (QED) is 0.341. The van der Waals surface area contributed by atoms with Crippen LogP contribution in [0.15, 0.2) is 33.2 Å². The Kier molecular flexibility index (Phi) is 4.35. The second kappa shape index (κ2) is 6.02. The van der Waals surface area contributed by atoms with Gasteiger partial charge in [-0.3, -0.25) is 4.79 Å². The minimum Gasteiger partial charge on any atom is -0.409 e. The number of aryl methyl sites for hydroxylation is 1. The largest absolute Gasteiger partial charge is 0.409 e. The van der Waals surface area contributed by atoms with Crippen LogP contribution in [0.25, 0.3) is 0 Å². The Bertz CT molecular complexity index is 684. The number of carbonyl (C=O) groups excluding carboxylic acids is 1. The summed E-state index contributed by atoms with van der Waals surface area (Å²) in [5.41, 5.74) is 6.99. The molecule has 2 rings (SSSR count). The van der Waals surface area contributed by atoms with Crippen molar-refractivity contribution in [1.29, 1.82) is 0 Å². The van der Waals surface area contributed by atoms with Gasteiger partial charge in [-0.25, -0.2) is 4.98 Å². The topological polar surface area (TPSA) is 101 Å². The van der Waals surface area contributed by atoms with E-state index >= 15 is 0 Å². The third kappa shape index (κ3) is 3.14. The summed E-state index contributed by atoms with van der Waals surface area (Å²) < 4.78 is 0.627. The number of halogens is 1. The minimum absolute atomic E-state index is 0.00120. The van der Waals surface area contributed by atoms with Crippen LogP contribution in [0.4, 0.5) is 5.69 Å². The first-order valence-corrected chi connectivity index (χ1v) is 7.19. The fourth-order valence-corrected chi connectivity index (χ4v) is 2.56. The van der Waals surface area contributed by atoms with Crippen molar-refractivity contribution in [3.63, 3.8) is 0 Å². The molecule has 1 amide bonds. The first-order valence-electron chi connectivity index (χ1n) is 5.52. The molecule has 4 N–H and O–H groups in total. The lowest BCUT2D eigenvalue weighted by Gasteiger charge is -2.07.